The Labute approximate surface area is 177 Å². The molecule has 0 saturated carbocycles. The van der Waals surface area contributed by atoms with E-state index >= 15 is 0 Å². The van der Waals surface area contributed by atoms with Crippen LogP contribution in [0.1, 0.15) is 60.1 Å². The Morgan fingerprint density at radius 1 is 1.20 bits per heavy atom. The van der Waals surface area contributed by atoms with Gasteiger partial charge in [0.15, 0.2) is 5.82 Å². The first-order valence-electron chi connectivity index (χ1n) is 10.7. The van der Waals surface area contributed by atoms with Gasteiger partial charge in [0, 0.05) is 49.0 Å². The molecular weight excluding hydrogens is 376 g/mol. The number of aromatic nitrogens is 3. The van der Waals surface area contributed by atoms with Crippen LogP contribution in [-0.2, 0) is 11.8 Å². The molecular formula is C24H30N4O2. The summed E-state index contributed by atoms with van der Waals surface area (Å²) in [7, 11) is 2.05. The van der Waals surface area contributed by atoms with Crippen molar-refractivity contribution in [2.24, 2.45) is 7.05 Å². The second kappa shape index (κ2) is 8.38. The van der Waals surface area contributed by atoms with Crippen LogP contribution in [0.3, 0.4) is 0 Å². The molecule has 1 amide bonds. The minimum Gasteiger partial charge on any atom is -0.360 e. The van der Waals surface area contributed by atoms with E-state index in [-0.39, 0.29) is 11.9 Å². The molecule has 6 heteroatoms. The molecule has 4 heterocycles. The molecule has 3 aromatic heterocycles. The summed E-state index contributed by atoms with van der Waals surface area (Å²) in [5.41, 5.74) is 4.33. The Balaban J connectivity index is 1.59. The van der Waals surface area contributed by atoms with Gasteiger partial charge in [-0.05, 0) is 63.5 Å². The second-order valence-electron chi connectivity index (χ2n) is 8.23. The first-order chi connectivity index (χ1) is 14.5. The van der Waals surface area contributed by atoms with E-state index in [4.69, 9.17) is 4.52 Å². The van der Waals surface area contributed by atoms with E-state index in [1.165, 1.54) is 12.1 Å². The van der Waals surface area contributed by atoms with Crippen molar-refractivity contribution in [3.8, 4) is 5.82 Å². The number of nitrogens with zero attached hydrogens (tertiary/aromatic N) is 4. The molecule has 1 saturated heterocycles. The smallest absolute Gasteiger partial charge is 0.247 e. The van der Waals surface area contributed by atoms with Crippen molar-refractivity contribution in [2.45, 2.75) is 52.5 Å². The van der Waals surface area contributed by atoms with Gasteiger partial charge in [-0.3, -0.25) is 9.36 Å². The minimum absolute atomic E-state index is 0.0742. The van der Waals surface area contributed by atoms with Gasteiger partial charge in [-0.2, -0.15) is 0 Å². The molecule has 1 aliphatic heterocycles. The fourth-order valence-corrected chi connectivity index (χ4v) is 4.52. The van der Waals surface area contributed by atoms with E-state index in [1.54, 1.807) is 6.08 Å². The summed E-state index contributed by atoms with van der Waals surface area (Å²) in [6.07, 6.45) is 10.1. The third kappa shape index (κ3) is 3.86. The highest BCUT2D eigenvalue weighted by Crippen LogP contribution is 2.30. The lowest BCUT2D eigenvalue weighted by Crippen LogP contribution is -2.34. The van der Waals surface area contributed by atoms with Gasteiger partial charge in [0.2, 0.25) is 5.91 Å². The largest absolute Gasteiger partial charge is 0.360 e. The highest BCUT2D eigenvalue weighted by Gasteiger charge is 2.27. The number of hydrogen-bond donors (Lipinski definition) is 0. The maximum atomic E-state index is 13.2. The molecule has 0 aromatic carbocycles. The molecule has 1 unspecified atom stereocenters. The Kier molecular flexibility index (Phi) is 5.66. The maximum absolute atomic E-state index is 13.2. The zero-order chi connectivity index (χ0) is 21.3. The second-order valence-corrected chi connectivity index (χ2v) is 8.23. The molecule has 0 bridgehead atoms. The molecule has 30 heavy (non-hydrogen) atoms. The lowest BCUT2D eigenvalue weighted by Gasteiger charge is -2.29. The number of amides is 1. The van der Waals surface area contributed by atoms with E-state index in [0.717, 1.165) is 54.3 Å². The molecule has 0 aliphatic carbocycles. The van der Waals surface area contributed by atoms with Gasteiger partial charge in [-0.15, -0.1) is 0 Å². The summed E-state index contributed by atoms with van der Waals surface area (Å²) in [5, 5.41) is 4.13. The van der Waals surface area contributed by atoms with E-state index in [9.17, 15) is 4.79 Å². The zero-order valence-corrected chi connectivity index (χ0v) is 18.3. The molecule has 3 aromatic rings. The van der Waals surface area contributed by atoms with Gasteiger partial charge >= 0.3 is 0 Å². The summed E-state index contributed by atoms with van der Waals surface area (Å²) >= 11 is 0. The molecule has 0 spiro atoms. The monoisotopic (exact) mass is 406 g/mol. The average molecular weight is 407 g/mol. The molecule has 6 nitrogen and oxygen atoms in total. The first kappa shape index (κ1) is 20.3. The van der Waals surface area contributed by atoms with Gasteiger partial charge in [-0.1, -0.05) is 18.0 Å². The van der Waals surface area contributed by atoms with E-state index in [1.807, 2.05) is 37.8 Å². The number of rotatable bonds is 4. The quantitative estimate of drug-likeness (QED) is 0.580. The van der Waals surface area contributed by atoms with Crippen molar-refractivity contribution in [3.05, 3.63) is 64.9 Å². The fraction of sp³-hybridized carbons (Fsp3) is 0.417. The van der Waals surface area contributed by atoms with Crippen molar-refractivity contribution >= 4 is 12.0 Å². The Bertz CT molecular complexity index is 1070. The first-order valence-corrected chi connectivity index (χ1v) is 10.7. The predicted octanol–water partition coefficient (Wildman–Crippen LogP) is 4.89. The maximum Gasteiger partial charge on any atom is 0.247 e. The number of carbonyl (C=O) groups is 1. The predicted molar refractivity (Wildman–Crippen MR) is 117 cm³/mol. The highest BCUT2D eigenvalue weighted by atomic mass is 16.5. The molecule has 4 rings (SSSR count). The lowest BCUT2D eigenvalue weighted by atomic mass is 10.1. The van der Waals surface area contributed by atoms with Gasteiger partial charge in [0.05, 0.1) is 6.04 Å². The van der Waals surface area contributed by atoms with Gasteiger partial charge < -0.3 is 14.0 Å². The topological polar surface area (TPSA) is 56.2 Å². The van der Waals surface area contributed by atoms with E-state index in [2.05, 4.69) is 45.7 Å². The van der Waals surface area contributed by atoms with E-state index in [0.29, 0.717) is 0 Å². The summed E-state index contributed by atoms with van der Waals surface area (Å²) in [4.78, 5) is 15.3. The molecule has 158 valence electrons. The number of likely N-dealkylation sites (tertiary alicyclic amines) is 1. The lowest BCUT2D eigenvalue weighted by molar-refractivity contribution is -0.128. The van der Waals surface area contributed by atoms with Gasteiger partial charge in [0.1, 0.15) is 5.76 Å². The third-order valence-corrected chi connectivity index (χ3v) is 6.08. The third-order valence-electron chi connectivity index (χ3n) is 6.08. The van der Waals surface area contributed by atoms with Crippen molar-refractivity contribution in [1.29, 1.82) is 0 Å². The molecule has 0 N–H and O–H groups in total. The Hall–Kier alpha value is -3.02. The fourth-order valence-electron chi connectivity index (χ4n) is 4.52. The van der Waals surface area contributed by atoms with Gasteiger partial charge in [-0.25, -0.2) is 0 Å². The molecule has 1 fully saturated rings. The van der Waals surface area contributed by atoms with Crippen LogP contribution in [0.4, 0.5) is 0 Å². The van der Waals surface area contributed by atoms with E-state index < -0.39 is 0 Å². The summed E-state index contributed by atoms with van der Waals surface area (Å²) in [6.45, 7) is 6.76. The van der Waals surface area contributed by atoms with Crippen molar-refractivity contribution < 1.29 is 9.32 Å². The average Bonchev–Trinajstić information content (AvgIpc) is 3.34. The number of carbonyl (C=O) groups excluding carboxylic acids is 1. The standard InChI is InChI=1S/C24H30N4O2/c1-17-15-20(19(3)28(17)23-16-18(2)30-25-23)11-12-24(29)27-14-7-5-6-9-22(27)21-10-8-13-26(21)4/h8,10-13,15-16,22H,5-7,9,14H2,1-4H3/b12-11+. The van der Waals surface area contributed by atoms with Crippen LogP contribution in [0.25, 0.3) is 11.9 Å². The van der Waals surface area contributed by atoms with Crippen LogP contribution in [-0.4, -0.2) is 31.6 Å². The highest BCUT2D eigenvalue weighted by molar-refractivity contribution is 5.92. The normalized spacial score (nSPS) is 17.6. The Morgan fingerprint density at radius 2 is 2.03 bits per heavy atom. The van der Waals surface area contributed by atoms with Crippen molar-refractivity contribution in [1.82, 2.24) is 19.2 Å². The molecule has 0 radical (unpaired) electrons. The van der Waals surface area contributed by atoms with Crippen LogP contribution in [0.5, 0.6) is 0 Å². The zero-order valence-electron chi connectivity index (χ0n) is 18.3. The SMILES string of the molecule is Cc1cc(-n2c(C)cc(/C=C/C(=O)N3CCCCCC3c3cccn3C)c2C)no1. The van der Waals surface area contributed by atoms with Crippen LogP contribution in [0, 0.1) is 20.8 Å². The van der Waals surface area contributed by atoms with Crippen LogP contribution >= 0.6 is 0 Å². The van der Waals surface area contributed by atoms with Gasteiger partial charge in [0.25, 0.3) is 0 Å². The summed E-state index contributed by atoms with van der Waals surface area (Å²) in [6, 6.07) is 8.32. The molecule has 1 aliphatic rings. The minimum atomic E-state index is 0.0742. The van der Waals surface area contributed by atoms with Crippen LogP contribution < -0.4 is 0 Å². The van der Waals surface area contributed by atoms with Crippen molar-refractivity contribution in [3.63, 3.8) is 0 Å². The van der Waals surface area contributed by atoms with Crippen LogP contribution in [0.15, 0.2) is 41.1 Å². The Morgan fingerprint density at radius 3 is 2.73 bits per heavy atom. The van der Waals surface area contributed by atoms with Crippen molar-refractivity contribution in [2.75, 3.05) is 6.54 Å². The van der Waals surface area contributed by atoms with Crippen LogP contribution in [0.2, 0.25) is 0 Å². The number of aryl methyl sites for hydroxylation is 3. The summed E-state index contributed by atoms with van der Waals surface area (Å²) < 4.78 is 9.42. The summed E-state index contributed by atoms with van der Waals surface area (Å²) in [5.74, 6) is 1.62. The molecule has 1 atom stereocenters. The number of hydrogen-bond acceptors (Lipinski definition) is 3.